The zero-order valence-electron chi connectivity index (χ0n) is 18.0. The number of nitrogens with one attached hydrogen (secondary N) is 1. The number of dihydropyridines is 1. The zero-order chi connectivity index (χ0) is 25.0. The molecule has 0 amide bonds. The van der Waals surface area contributed by atoms with Crippen LogP contribution in [0.4, 0.5) is 18.9 Å². The molecule has 2 aromatic rings. The Labute approximate surface area is 191 Å². The standard InChI is InChI=1S/C23H19F3N2O6/c1-13-17(22(30)34-12-14-7-4-3-5-8-14)18(15-9-6-10-16(11-15)28(31)32)19(21(29)33-2)20(27-13)23(24,25)26/h3-11,18,27H,12H2,1-2H3. The maximum Gasteiger partial charge on any atom is 0.431 e. The lowest BCUT2D eigenvalue weighted by Gasteiger charge is -2.31. The highest BCUT2D eigenvalue weighted by Crippen LogP contribution is 2.44. The Kier molecular flexibility index (Phi) is 7.04. The number of nitrogens with zero attached hydrogens (tertiary/aromatic N) is 1. The smallest absolute Gasteiger partial charge is 0.431 e. The Morgan fingerprint density at radius 3 is 2.32 bits per heavy atom. The number of allylic oxidation sites excluding steroid dienone is 2. The molecule has 8 nitrogen and oxygen atoms in total. The van der Waals surface area contributed by atoms with Crippen molar-refractivity contribution in [3.05, 3.63) is 98.4 Å². The third kappa shape index (κ3) is 5.08. The fraction of sp³-hybridized carbons (Fsp3) is 0.217. The first-order chi connectivity index (χ1) is 16.0. The number of hydrogen-bond acceptors (Lipinski definition) is 7. The van der Waals surface area contributed by atoms with Crippen LogP contribution in [0.5, 0.6) is 0 Å². The summed E-state index contributed by atoms with van der Waals surface area (Å²) in [5.74, 6) is -3.97. The average molecular weight is 476 g/mol. The minimum Gasteiger partial charge on any atom is -0.466 e. The second-order valence-electron chi connectivity index (χ2n) is 7.29. The number of nitro benzene ring substituents is 1. The second-order valence-corrected chi connectivity index (χ2v) is 7.29. The van der Waals surface area contributed by atoms with Gasteiger partial charge in [0.2, 0.25) is 0 Å². The maximum atomic E-state index is 13.9. The number of carbonyl (C=O) groups excluding carboxylic acids is 2. The van der Waals surface area contributed by atoms with Gasteiger partial charge in [0.05, 0.1) is 29.1 Å². The molecule has 0 aliphatic carbocycles. The third-order valence-electron chi connectivity index (χ3n) is 5.10. The van der Waals surface area contributed by atoms with E-state index in [0.717, 1.165) is 19.2 Å². The van der Waals surface area contributed by atoms with Crippen LogP contribution in [0.1, 0.15) is 24.0 Å². The van der Waals surface area contributed by atoms with Crippen molar-refractivity contribution in [1.82, 2.24) is 5.32 Å². The summed E-state index contributed by atoms with van der Waals surface area (Å²) < 4.78 is 51.6. The van der Waals surface area contributed by atoms with E-state index in [-0.39, 0.29) is 23.4 Å². The topological polar surface area (TPSA) is 108 Å². The van der Waals surface area contributed by atoms with Crippen molar-refractivity contribution in [2.75, 3.05) is 7.11 Å². The van der Waals surface area contributed by atoms with Gasteiger partial charge in [-0.1, -0.05) is 42.5 Å². The summed E-state index contributed by atoms with van der Waals surface area (Å²) in [4.78, 5) is 36.2. The lowest BCUT2D eigenvalue weighted by molar-refractivity contribution is -0.384. The average Bonchev–Trinajstić information content (AvgIpc) is 2.81. The Bertz CT molecular complexity index is 1190. The van der Waals surface area contributed by atoms with Gasteiger partial charge in [0, 0.05) is 17.8 Å². The Morgan fingerprint density at radius 2 is 1.74 bits per heavy atom. The van der Waals surface area contributed by atoms with Gasteiger partial charge >= 0.3 is 18.1 Å². The minimum absolute atomic E-state index is 0.0798. The number of esters is 2. The van der Waals surface area contributed by atoms with Gasteiger partial charge in [-0.25, -0.2) is 9.59 Å². The molecular formula is C23H19F3N2O6. The van der Waals surface area contributed by atoms with E-state index in [1.165, 1.54) is 19.1 Å². The number of benzene rings is 2. The molecule has 0 bridgehead atoms. The van der Waals surface area contributed by atoms with Crippen molar-refractivity contribution in [3.8, 4) is 0 Å². The number of hydrogen-bond donors (Lipinski definition) is 1. The number of non-ortho nitro benzene ring substituents is 1. The SMILES string of the molecule is COC(=O)C1=C(C(F)(F)F)NC(C)=C(C(=O)OCc2ccccc2)C1c1cccc([N+](=O)[O-])c1. The van der Waals surface area contributed by atoms with Gasteiger partial charge in [-0.2, -0.15) is 13.2 Å². The molecule has 0 saturated carbocycles. The van der Waals surface area contributed by atoms with Gasteiger partial charge in [-0.15, -0.1) is 0 Å². The van der Waals surface area contributed by atoms with Crippen LogP contribution >= 0.6 is 0 Å². The predicted molar refractivity (Wildman–Crippen MR) is 113 cm³/mol. The molecule has 0 saturated heterocycles. The van der Waals surface area contributed by atoms with Crippen molar-refractivity contribution in [3.63, 3.8) is 0 Å². The van der Waals surface area contributed by atoms with Gasteiger partial charge in [-0.3, -0.25) is 10.1 Å². The van der Waals surface area contributed by atoms with Crippen molar-refractivity contribution in [2.24, 2.45) is 0 Å². The molecule has 178 valence electrons. The summed E-state index contributed by atoms with van der Waals surface area (Å²) in [6.45, 7) is 1.05. The highest BCUT2D eigenvalue weighted by Gasteiger charge is 2.47. The molecule has 0 aromatic heterocycles. The summed E-state index contributed by atoms with van der Waals surface area (Å²) in [6, 6.07) is 13.3. The quantitative estimate of drug-likeness (QED) is 0.377. The molecule has 1 aliphatic rings. The van der Waals surface area contributed by atoms with Crippen molar-refractivity contribution in [1.29, 1.82) is 0 Å². The lowest BCUT2D eigenvalue weighted by Crippen LogP contribution is -2.38. The van der Waals surface area contributed by atoms with Crippen LogP contribution in [0.2, 0.25) is 0 Å². The van der Waals surface area contributed by atoms with E-state index >= 15 is 0 Å². The van der Waals surface area contributed by atoms with Crippen LogP contribution in [0.25, 0.3) is 0 Å². The Balaban J connectivity index is 2.16. The van der Waals surface area contributed by atoms with Crippen LogP contribution in [0, 0.1) is 10.1 Å². The molecule has 0 fully saturated rings. The number of nitro groups is 1. The second kappa shape index (κ2) is 9.77. The predicted octanol–water partition coefficient (Wildman–Crippen LogP) is 4.29. The molecule has 0 spiro atoms. The van der Waals surface area contributed by atoms with E-state index in [1.807, 2.05) is 0 Å². The van der Waals surface area contributed by atoms with Crippen molar-refractivity contribution >= 4 is 17.6 Å². The molecule has 3 rings (SSSR count). The fourth-order valence-electron chi connectivity index (χ4n) is 3.60. The third-order valence-corrected chi connectivity index (χ3v) is 5.10. The molecular weight excluding hydrogens is 457 g/mol. The normalized spacial score (nSPS) is 16.1. The fourth-order valence-corrected chi connectivity index (χ4v) is 3.60. The molecule has 34 heavy (non-hydrogen) atoms. The first kappa shape index (κ1) is 24.5. The number of halogens is 3. The maximum absolute atomic E-state index is 13.9. The highest BCUT2D eigenvalue weighted by molar-refractivity contribution is 6.00. The first-order valence-corrected chi connectivity index (χ1v) is 9.87. The molecule has 1 heterocycles. The van der Waals surface area contributed by atoms with Crippen LogP contribution in [-0.2, 0) is 25.7 Å². The van der Waals surface area contributed by atoms with E-state index in [2.05, 4.69) is 10.1 Å². The number of ether oxygens (including phenoxy) is 2. The van der Waals surface area contributed by atoms with Crippen molar-refractivity contribution in [2.45, 2.75) is 25.6 Å². The number of carbonyl (C=O) groups is 2. The van der Waals surface area contributed by atoms with Gasteiger partial charge in [0.25, 0.3) is 5.69 Å². The summed E-state index contributed by atoms with van der Waals surface area (Å²) in [7, 11) is 0.895. The lowest BCUT2D eigenvalue weighted by atomic mass is 9.80. The van der Waals surface area contributed by atoms with Gasteiger partial charge in [0.15, 0.2) is 0 Å². The summed E-state index contributed by atoms with van der Waals surface area (Å²) >= 11 is 0. The van der Waals surface area contributed by atoms with Gasteiger partial charge in [0.1, 0.15) is 12.3 Å². The van der Waals surface area contributed by atoms with E-state index in [0.29, 0.717) is 5.56 Å². The van der Waals surface area contributed by atoms with Crippen LogP contribution < -0.4 is 5.32 Å². The van der Waals surface area contributed by atoms with E-state index < -0.39 is 45.9 Å². The number of alkyl halides is 3. The van der Waals surface area contributed by atoms with Gasteiger partial charge < -0.3 is 14.8 Å². The molecule has 2 aromatic carbocycles. The van der Waals surface area contributed by atoms with E-state index in [9.17, 15) is 32.9 Å². The Morgan fingerprint density at radius 1 is 1.06 bits per heavy atom. The molecule has 1 aliphatic heterocycles. The van der Waals surface area contributed by atoms with Crippen LogP contribution in [0.15, 0.2) is 77.1 Å². The largest absolute Gasteiger partial charge is 0.466 e. The summed E-state index contributed by atoms with van der Waals surface area (Å²) in [6.07, 6.45) is -5.01. The minimum atomic E-state index is -5.01. The number of methoxy groups -OCH3 is 1. The van der Waals surface area contributed by atoms with Gasteiger partial charge in [-0.05, 0) is 18.1 Å². The summed E-state index contributed by atoms with van der Waals surface area (Å²) in [5.41, 5.74) is -2.73. The molecule has 0 radical (unpaired) electrons. The highest BCUT2D eigenvalue weighted by atomic mass is 19.4. The van der Waals surface area contributed by atoms with E-state index in [4.69, 9.17) is 4.74 Å². The monoisotopic (exact) mass is 476 g/mol. The first-order valence-electron chi connectivity index (χ1n) is 9.87. The number of rotatable bonds is 6. The molecule has 1 N–H and O–H groups in total. The van der Waals surface area contributed by atoms with Crippen molar-refractivity contribution < 1.29 is 37.2 Å². The van der Waals surface area contributed by atoms with Crippen LogP contribution in [0.3, 0.4) is 0 Å². The van der Waals surface area contributed by atoms with E-state index in [1.54, 1.807) is 30.3 Å². The van der Waals surface area contributed by atoms with Crippen LogP contribution in [-0.4, -0.2) is 30.1 Å². The zero-order valence-corrected chi connectivity index (χ0v) is 18.0. The molecule has 11 heteroatoms. The molecule has 1 atom stereocenters. The summed E-state index contributed by atoms with van der Waals surface area (Å²) in [5, 5.41) is 13.4. The Hall–Kier alpha value is -4.15. The molecule has 1 unspecified atom stereocenters.